The molecule has 150 valence electrons. The van der Waals surface area contributed by atoms with Crippen molar-refractivity contribution in [3.05, 3.63) is 53.6 Å². The van der Waals surface area contributed by atoms with E-state index in [1.807, 2.05) is 51.1 Å². The summed E-state index contributed by atoms with van der Waals surface area (Å²) in [5.41, 5.74) is 1.26. The van der Waals surface area contributed by atoms with E-state index in [-0.39, 0.29) is 18.1 Å². The highest BCUT2D eigenvalue weighted by atomic mass is 16.6. The number of aromatic carboxylic acids is 1. The molecule has 5 nitrogen and oxygen atoms in total. The Morgan fingerprint density at radius 1 is 1.00 bits per heavy atom. The zero-order chi connectivity index (χ0) is 21.1. The van der Waals surface area contributed by atoms with Crippen LogP contribution < -0.4 is 4.74 Å². The summed E-state index contributed by atoms with van der Waals surface area (Å²) in [5.74, 6) is -0.645. The van der Waals surface area contributed by atoms with Crippen LogP contribution in [-0.4, -0.2) is 29.3 Å². The van der Waals surface area contributed by atoms with E-state index in [9.17, 15) is 14.7 Å². The van der Waals surface area contributed by atoms with Crippen LogP contribution in [0.5, 0.6) is 5.75 Å². The van der Waals surface area contributed by atoms with E-state index in [0.717, 1.165) is 11.1 Å². The number of carbonyl (C=O) groups is 2. The molecule has 2 rings (SSSR count). The number of carboxylic acid groups (broad SMARTS) is 1. The van der Waals surface area contributed by atoms with Gasteiger partial charge in [0.1, 0.15) is 18.0 Å². The summed E-state index contributed by atoms with van der Waals surface area (Å²) >= 11 is 0. The smallest absolute Gasteiger partial charge is 0.335 e. The Bertz CT molecular complexity index is 875. The highest BCUT2D eigenvalue weighted by Gasteiger charge is 2.33. The first kappa shape index (κ1) is 21.5. The fraction of sp³-hybridized carbons (Fsp3) is 0.391. The van der Waals surface area contributed by atoms with E-state index in [0.29, 0.717) is 11.3 Å². The molecule has 2 aromatic carbocycles. The van der Waals surface area contributed by atoms with Crippen molar-refractivity contribution in [2.45, 2.75) is 47.1 Å². The molecule has 0 amide bonds. The second kappa shape index (κ2) is 8.05. The van der Waals surface area contributed by atoms with Gasteiger partial charge < -0.3 is 14.6 Å². The number of rotatable bonds is 6. The van der Waals surface area contributed by atoms with Crippen LogP contribution in [-0.2, 0) is 9.53 Å². The van der Waals surface area contributed by atoms with Crippen molar-refractivity contribution in [1.29, 1.82) is 0 Å². The summed E-state index contributed by atoms with van der Waals surface area (Å²) in [6.45, 7) is 11.0. The number of carbonyl (C=O) groups excluding carboxylic acids is 1. The lowest BCUT2D eigenvalue weighted by Gasteiger charge is -2.28. The fourth-order valence-electron chi connectivity index (χ4n) is 2.64. The van der Waals surface area contributed by atoms with Gasteiger partial charge in [0.05, 0.1) is 11.0 Å². The quantitative estimate of drug-likeness (QED) is 0.701. The molecule has 0 saturated carbocycles. The molecule has 0 atom stereocenters. The molecular weight excluding hydrogens is 356 g/mol. The zero-order valence-corrected chi connectivity index (χ0v) is 17.3. The minimum atomic E-state index is -0.951. The maximum Gasteiger partial charge on any atom is 0.335 e. The molecular formula is C23H28O5. The molecule has 5 heteroatoms. The molecule has 0 spiro atoms. The van der Waals surface area contributed by atoms with Crippen LogP contribution in [0.2, 0.25) is 0 Å². The lowest BCUT2D eigenvalue weighted by molar-refractivity contribution is -0.167. The van der Waals surface area contributed by atoms with E-state index in [2.05, 4.69) is 0 Å². The third-order valence-corrected chi connectivity index (χ3v) is 4.19. The van der Waals surface area contributed by atoms with E-state index in [1.54, 1.807) is 32.9 Å². The van der Waals surface area contributed by atoms with Crippen molar-refractivity contribution in [2.75, 3.05) is 6.61 Å². The standard InChI is InChI=1S/C23H28O5/c1-15-13-16(11-12-17(15)20(24)25)18-9-7-8-10-19(18)27-14-23(5,6)21(26)28-22(2,3)4/h7-13H,14H2,1-6H3,(H,24,25). The van der Waals surface area contributed by atoms with Crippen molar-refractivity contribution >= 4 is 11.9 Å². The summed E-state index contributed by atoms with van der Waals surface area (Å²) < 4.78 is 11.5. The van der Waals surface area contributed by atoms with Gasteiger partial charge in [-0.15, -0.1) is 0 Å². The second-order valence-corrected chi connectivity index (χ2v) is 8.51. The summed E-state index contributed by atoms with van der Waals surface area (Å²) in [4.78, 5) is 23.7. The topological polar surface area (TPSA) is 72.8 Å². The van der Waals surface area contributed by atoms with Crippen molar-refractivity contribution in [3.8, 4) is 16.9 Å². The highest BCUT2D eigenvalue weighted by Crippen LogP contribution is 2.32. The van der Waals surface area contributed by atoms with E-state index < -0.39 is 17.0 Å². The molecule has 0 fully saturated rings. The van der Waals surface area contributed by atoms with Crippen molar-refractivity contribution in [3.63, 3.8) is 0 Å². The molecule has 0 heterocycles. The zero-order valence-electron chi connectivity index (χ0n) is 17.3. The molecule has 0 aliphatic heterocycles. The molecule has 28 heavy (non-hydrogen) atoms. The number of para-hydroxylation sites is 1. The van der Waals surface area contributed by atoms with Gasteiger partial charge in [-0.3, -0.25) is 4.79 Å². The highest BCUT2D eigenvalue weighted by molar-refractivity contribution is 5.90. The first-order valence-electron chi connectivity index (χ1n) is 9.20. The van der Waals surface area contributed by atoms with Crippen molar-refractivity contribution in [2.24, 2.45) is 5.41 Å². The van der Waals surface area contributed by atoms with Crippen molar-refractivity contribution < 1.29 is 24.2 Å². The summed E-state index contributed by atoms with van der Waals surface area (Å²) in [5, 5.41) is 9.22. The molecule has 1 N–H and O–H groups in total. The van der Waals surface area contributed by atoms with Gasteiger partial charge in [0.25, 0.3) is 0 Å². The monoisotopic (exact) mass is 384 g/mol. The molecule has 0 bridgehead atoms. The van der Waals surface area contributed by atoms with Gasteiger partial charge in [-0.05, 0) is 64.8 Å². The fourth-order valence-corrected chi connectivity index (χ4v) is 2.64. The molecule has 0 aromatic heterocycles. The summed E-state index contributed by atoms with van der Waals surface area (Å²) in [7, 11) is 0. The number of ether oxygens (including phenoxy) is 2. The lowest BCUT2D eigenvalue weighted by Crippen LogP contribution is -2.37. The molecule has 0 unspecified atom stereocenters. The van der Waals surface area contributed by atoms with E-state index >= 15 is 0 Å². The van der Waals surface area contributed by atoms with Crippen LogP contribution in [0.15, 0.2) is 42.5 Å². The molecule has 0 aliphatic carbocycles. The maximum atomic E-state index is 12.4. The number of benzene rings is 2. The number of carboxylic acids is 1. The Labute approximate surface area is 166 Å². The largest absolute Gasteiger partial charge is 0.492 e. The second-order valence-electron chi connectivity index (χ2n) is 8.51. The number of aryl methyl sites for hydroxylation is 1. The van der Waals surface area contributed by atoms with Crippen LogP contribution in [0.1, 0.15) is 50.5 Å². The first-order chi connectivity index (χ1) is 12.9. The summed E-state index contributed by atoms with van der Waals surface area (Å²) in [6, 6.07) is 12.7. The van der Waals surface area contributed by atoms with E-state index in [4.69, 9.17) is 9.47 Å². The Morgan fingerprint density at radius 2 is 1.64 bits per heavy atom. The van der Waals surface area contributed by atoms with Gasteiger partial charge in [-0.2, -0.15) is 0 Å². The Balaban J connectivity index is 2.24. The normalized spacial score (nSPS) is 11.8. The molecule has 2 aromatic rings. The van der Waals surface area contributed by atoms with Gasteiger partial charge in [0.15, 0.2) is 0 Å². The van der Waals surface area contributed by atoms with Gasteiger partial charge in [-0.1, -0.05) is 30.3 Å². The third kappa shape index (κ3) is 5.35. The van der Waals surface area contributed by atoms with Crippen LogP contribution in [0.3, 0.4) is 0 Å². The third-order valence-electron chi connectivity index (χ3n) is 4.19. The number of esters is 1. The van der Waals surface area contributed by atoms with Crippen LogP contribution in [0.25, 0.3) is 11.1 Å². The minimum Gasteiger partial charge on any atom is -0.492 e. The molecule has 0 saturated heterocycles. The van der Waals surface area contributed by atoms with Crippen LogP contribution in [0, 0.1) is 12.3 Å². The van der Waals surface area contributed by atoms with Crippen molar-refractivity contribution in [1.82, 2.24) is 0 Å². The molecule has 0 aliphatic rings. The SMILES string of the molecule is Cc1cc(-c2ccccc2OCC(C)(C)C(=O)OC(C)(C)C)ccc1C(=O)O. The van der Waals surface area contributed by atoms with Gasteiger partial charge in [0, 0.05) is 5.56 Å². The van der Waals surface area contributed by atoms with Crippen LogP contribution in [0.4, 0.5) is 0 Å². The van der Waals surface area contributed by atoms with E-state index in [1.165, 1.54) is 0 Å². The number of hydrogen-bond acceptors (Lipinski definition) is 4. The van der Waals surface area contributed by atoms with Gasteiger partial charge >= 0.3 is 11.9 Å². The number of hydrogen-bond donors (Lipinski definition) is 1. The maximum absolute atomic E-state index is 12.4. The van der Waals surface area contributed by atoms with Crippen LogP contribution >= 0.6 is 0 Å². The predicted octanol–water partition coefficient (Wildman–Crippen LogP) is 5.11. The van der Waals surface area contributed by atoms with Gasteiger partial charge in [0.2, 0.25) is 0 Å². The first-order valence-corrected chi connectivity index (χ1v) is 9.20. The average Bonchev–Trinajstić information content (AvgIpc) is 2.58. The lowest BCUT2D eigenvalue weighted by atomic mass is 9.94. The Kier molecular flexibility index (Phi) is 6.17. The Hall–Kier alpha value is -2.82. The minimum absolute atomic E-state index is 0.158. The van der Waals surface area contributed by atoms with Gasteiger partial charge in [-0.25, -0.2) is 4.79 Å². The molecule has 0 radical (unpaired) electrons. The Morgan fingerprint density at radius 3 is 2.21 bits per heavy atom. The summed E-state index contributed by atoms with van der Waals surface area (Å²) in [6.07, 6.45) is 0. The predicted molar refractivity (Wildman–Crippen MR) is 109 cm³/mol. The average molecular weight is 384 g/mol.